The van der Waals surface area contributed by atoms with Gasteiger partial charge in [-0.3, -0.25) is 14.9 Å². The van der Waals surface area contributed by atoms with Crippen LogP contribution in [-0.4, -0.2) is 15.9 Å². The van der Waals surface area contributed by atoms with Crippen LogP contribution in [0.1, 0.15) is 42.8 Å². The first-order chi connectivity index (χ1) is 8.23. The van der Waals surface area contributed by atoms with Crippen molar-refractivity contribution in [2.75, 3.05) is 0 Å². The van der Waals surface area contributed by atoms with Gasteiger partial charge in [-0.15, -0.1) is 0 Å². The van der Waals surface area contributed by atoms with Gasteiger partial charge in [-0.1, -0.05) is 20.8 Å². The number of pyridine rings is 1. The van der Waals surface area contributed by atoms with E-state index in [0.29, 0.717) is 5.56 Å². The van der Waals surface area contributed by atoms with E-state index < -0.39 is 33.7 Å². The fraction of sp³-hybridized carbons (Fsp3) is 0.455. The van der Waals surface area contributed by atoms with E-state index in [1.807, 2.05) is 20.8 Å². The first-order valence-electron chi connectivity index (χ1n) is 5.34. The number of ether oxygens (including phenoxy) is 1. The fourth-order valence-corrected chi connectivity index (χ4v) is 2.00. The summed E-state index contributed by atoms with van der Waals surface area (Å²) in [5.41, 5.74) is -1.93. The molecule has 0 saturated carbocycles. The maximum atomic E-state index is 11.7. The maximum absolute atomic E-state index is 11.7. The third-order valence-electron chi connectivity index (χ3n) is 2.78. The van der Waals surface area contributed by atoms with Crippen LogP contribution in [0, 0.1) is 15.5 Å². The topological polar surface area (TPSA) is 102 Å². The van der Waals surface area contributed by atoms with Crippen molar-refractivity contribution < 1.29 is 14.5 Å². The lowest BCUT2D eigenvalue weighted by Crippen LogP contribution is -2.19. The molecule has 18 heavy (non-hydrogen) atoms. The van der Waals surface area contributed by atoms with Gasteiger partial charge in [0.1, 0.15) is 6.10 Å². The first kappa shape index (κ1) is 12.3. The molecule has 0 fully saturated rings. The van der Waals surface area contributed by atoms with Crippen molar-refractivity contribution in [1.82, 2.24) is 4.98 Å². The van der Waals surface area contributed by atoms with Gasteiger partial charge in [0.15, 0.2) is 5.56 Å². The van der Waals surface area contributed by atoms with Gasteiger partial charge in [0, 0.05) is 17.2 Å². The third-order valence-corrected chi connectivity index (χ3v) is 2.78. The van der Waals surface area contributed by atoms with Crippen molar-refractivity contribution in [2.24, 2.45) is 5.41 Å². The molecule has 1 aromatic heterocycles. The predicted molar refractivity (Wildman–Crippen MR) is 61.3 cm³/mol. The highest BCUT2D eigenvalue weighted by molar-refractivity contribution is 5.98. The van der Waals surface area contributed by atoms with Gasteiger partial charge < -0.3 is 9.72 Å². The van der Waals surface area contributed by atoms with Gasteiger partial charge in [-0.2, -0.15) is 0 Å². The van der Waals surface area contributed by atoms with E-state index in [9.17, 15) is 19.7 Å². The zero-order valence-electron chi connectivity index (χ0n) is 10.1. The molecule has 0 bridgehead atoms. The highest BCUT2D eigenvalue weighted by Crippen LogP contribution is 2.43. The number of rotatable bonds is 1. The molecule has 0 radical (unpaired) electrons. The molecule has 2 heterocycles. The molecular weight excluding hydrogens is 240 g/mol. The van der Waals surface area contributed by atoms with Crippen molar-refractivity contribution in [3.8, 4) is 0 Å². The Balaban J connectivity index is 2.73. The Kier molecular flexibility index (Phi) is 2.50. The molecule has 2 rings (SSSR count). The number of cyclic esters (lactones) is 1. The van der Waals surface area contributed by atoms with E-state index in [1.54, 1.807) is 0 Å². The molecule has 0 amide bonds. The van der Waals surface area contributed by atoms with Crippen molar-refractivity contribution in [3.05, 3.63) is 37.8 Å². The number of aromatic nitrogens is 1. The van der Waals surface area contributed by atoms with Crippen LogP contribution in [0.25, 0.3) is 0 Å². The minimum atomic E-state index is -0.898. The van der Waals surface area contributed by atoms with Gasteiger partial charge >= 0.3 is 17.2 Å². The molecule has 1 N–H and O–H groups in total. The number of nitrogens with zero attached hydrogens (tertiary/aromatic N) is 1. The second-order valence-corrected chi connectivity index (χ2v) is 5.21. The molecule has 0 saturated heterocycles. The van der Waals surface area contributed by atoms with Crippen molar-refractivity contribution in [3.63, 3.8) is 0 Å². The van der Waals surface area contributed by atoms with Crippen molar-refractivity contribution in [2.45, 2.75) is 26.9 Å². The van der Waals surface area contributed by atoms with E-state index in [0.717, 1.165) is 0 Å². The zero-order chi connectivity index (χ0) is 13.7. The lowest BCUT2D eigenvalue weighted by atomic mass is 9.85. The van der Waals surface area contributed by atoms with Crippen LogP contribution in [0.15, 0.2) is 11.0 Å². The van der Waals surface area contributed by atoms with E-state index in [2.05, 4.69) is 4.98 Å². The monoisotopic (exact) mass is 252 g/mol. The molecule has 1 aliphatic rings. The summed E-state index contributed by atoms with van der Waals surface area (Å²) in [7, 11) is 0. The minimum Gasteiger partial charge on any atom is -0.453 e. The number of nitro groups is 1. The average Bonchev–Trinajstić information content (AvgIpc) is 2.55. The van der Waals surface area contributed by atoms with Crippen LogP contribution in [0.4, 0.5) is 5.69 Å². The Bertz CT molecular complexity index is 596. The van der Waals surface area contributed by atoms with E-state index >= 15 is 0 Å². The van der Waals surface area contributed by atoms with Crippen LogP contribution in [-0.2, 0) is 4.74 Å². The number of carbonyl (C=O) groups is 1. The molecule has 1 atom stereocenters. The number of esters is 1. The number of H-pyrrole nitrogens is 1. The summed E-state index contributed by atoms with van der Waals surface area (Å²) in [6.45, 7) is 5.53. The zero-order valence-corrected chi connectivity index (χ0v) is 10.1. The number of carbonyl (C=O) groups excluding carboxylic acids is 1. The van der Waals surface area contributed by atoms with Gasteiger partial charge in [0.25, 0.3) is 0 Å². The van der Waals surface area contributed by atoms with Crippen LogP contribution in [0.3, 0.4) is 0 Å². The van der Waals surface area contributed by atoms with E-state index in [-0.39, 0.29) is 5.56 Å². The molecule has 0 spiro atoms. The third kappa shape index (κ3) is 1.68. The molecule has 7 heteroatoms. The fourth-order valence-electron chi connectivity index (χ4n) is 2.00. The summed E-state index contributed by atoms with van der Waals surface area (Å²) in [5.74, 6) is -0.817. The van der Waals surface area contributed by atoms with Crippen molar-refractivity contribution >= 4 is 11.7 Å². The molecule has 96 valence electrons. The second-order valence-electron chi connectivity index (χ2n) is 5.21. The lowest BCUT2D eigenvalue weighted by molar-refractivity contribution is -0.386. The number of fused-ring (bicyclic) bond motifs is 1. The minimum absolute atomic E-state index is 0.233. The summed E-state index contributed by atoms with van der Waals surface area (Å²) < 4.78 is 5.14. The molecule has 0 aromatic carbocycles. The van der Waals surface area contributed by atoms with Crippen LogP contribution in [0.5, 0.6) is 0 Å². The standard InChI is InChI=1S/C11H12N2O5/c1-11(2,3)8-5-4-12-9(14)7(13(16)17)6(5)10(15)18-8/h4,8H,1-3H3,(H,12,14). The molecule has 1 aromatic rings. The molecular formula is C11H12N2O5. The SMILES string of the molecule is CC(C)(C)C1OC(=O)c2c1c[nH]c(=O)c2[N+](=O)[O-]. The van der Waals surface area contributed by atoms with Gasteiger partial charge in [-0.25, -0.2) is 4.79 Å². The Labute approximate surface area is 102 Å². The largest absolute Gasteiger partial charge is 0.453 e. The maximum Gasteiger partial charge on any atom is 0.348 e. The Morgan fingerprint density at radius 1 is 1.39 bits per heavy atom. The Morgan fingerprint density at radius 2 is 2.00 bits per heavy atom. The normalized spacial score (nSPS) is 18.4. The smallest absolute Gasteiger partial charge is 0.348 e. The number of hydrogen-bond acceptors (Lipinski definition) is 5. The average molecular weight is 252 g/mol. The molecule has 1 unspecified atom stereocenters. The first-order valence-corrected chi connectivity index (χ1v) is 5.34. The quantitative estimate of drug-likeness (QED) is 0.464. The van der Waals surface area contributed by atoms with E-state index in [1.165, 1.54) is 6.20 Å². The highest BCUT2D eigenvalue weighted by atomic mass is 16.6. The number of nitrogens with one attached hydrogen (secondary N) is 1. The van der Waals surface area contributed by atoms with Crippen LogP contribution >= 0.6 is 0 Å². The number of aromatic amines is 1. The second kappa shape index (κ2) is 3.66. The molecule has 0 aliphatic carbocycles. The highest BCUT2D eigenvalue weighted by Gasteiger charge is 2.44. The summed E-state index contributed by atoms with van der Waals surface area (Å²) in [5, 5.41) is 10.9. The number of hydrogen-bond donors (Lipinski definition) is 1. The van der Waals surface area contributed by atoms with Crippen molar-refractivity contribution in [1.29, 1.82) is 0 Å². The van der Waals surface area contributed by atoms with Crippen LogP contribution in [0.2, 0.25) is 0 Å². The summed E-state index contributed by atoms with van der Waals surface area (Å²) in [4.78, 5) is 35.4. The summed E-state index contributed by atoms with van der Waals surface area (Å²) >= 11 is 0. The van der Waals surface area contributed by atoms with E-state index in [4.69, 9.17) is 4.74 Å². The van der Waals surface area contributed by atoms with Gasteiger partial charge in [-0.05, 0) is 0 Å². The molecule has 7 nitrogen and oxygen atoms in total. The summed E-state index contributed by atoms with van der Waals surface area (Å²) in [6, 6.07) is 0. The van der Waals surface area contributed by atoms with Crippen LogP contribution < -0.4 is 5.56 Å². The molecule has 1 aliphatic heterocycles. The Hall–Kier alpha value is -2.18. The lowest BCUT2D eigenvalue weighted by Gasteiger charge is -2.25. The predicted octanol–water partition coefficient (Wildman–Crippen LogP) is 1.54. The van der Waals surface area contributed by atoms with Gasteiger partial charge in [0.2, 0.25) is 0 Å². The van der Waals surface area contributed by atoms with Gasteiger partial charge in [0.05, 0.1) is 4.92 Å². The summed E-state index contributed by atoms with van der Waals surface area (Å²) in [6.07, 6.45) is 0.710. The Morgan fingerprint density at radius 3 is 2.50 bits per heavy atom.